The van der Waals surface area contributed by atoms with Crippen LogP contribution in [0.4, 0.5) is 0 Å². The highest BCUT2D eigenvalue weighted by atomic mass is 79.9. The lowest BCUT2D eigenvalue weighted by Gasteiger charge is -1.89. The summed E-state index contributed by atoms with van der Waals surface area (Å²) in [6.07, 6.45) is 0. The van der Waals surface area contributed by atoms with Crippen molar-refractivity contribution in [1.29, 1.82) is 0 Å². The molecule has 0 fully saturated rings. The molecule has 6 heavy (non-hydrogen) atoms. The van der Waals surface area contributed by atoms with Crippen LogP contribution in [0, 0.1) is 0 Å². The van der Waals surface area contributed by atoms with Crippen LogP contribution in [0.3, 0.4) is 0 Å². The highest BCUT2D eigenvalue weighted by Crippen LogP contribution is 1.93. The standard InChI is InChI=1S/C3H4BBrO/c1-2(5)3(4)6/h2H,1H3. The minimum Gasteiger partial charge on any atom is -0.312 e. The van der Waals surface area contributed by atoms with Gasteiger partial charge in [-0.2, -0.15) is 0 Å². The Balaban J connectivity index is 3.26. The first-order chi connectivity index (χ1) is 2.64. The third-order valence-electron chi connectivity index (χ3n) is 0.392. The van der Waals surface area contributed by atoms with Crippen LogP contribution in [-0.2, 0) is 4.79 Å². The fourth-order valence-electron chi connectivity index (χ4n) is 0. The molecule has 0 saturated heterocycles. The monoisotopic (exact) mass is 146 g/mol. The van der Waals surface area contributed by atoms with E-state index in [1.807, 2.05) is 0 Å². The summed E-state index contributed by atoms with van der Waals surface area (Å²) in [5.74, 6) is 0. The molecule has 1 atom stereocenters. The van der Waals surface area contributed by atoms with Crippen molar-refractivity contribution in [3.63, 3.8) is 0 Å². The quantitative estimate of drug-likeness (QED) is 0.388. The molecule has 0 saturated carbocycles. The average molecular weight is 147 g/mol. The maximum absolute atomic E-state index is 9.87. The van der Waals surface area contributed by atoms with Crippen LogP contribution in [0.5, 0.6) is 0 Å². The van der Waals surface area contributed by atoms with Crippen LogP contribution >= 0.6 is 15.9 Å². The molecule has 0 N–H and O–H groups in total. The zero-order valence-corrected chi connectivity index (χ0v) is 5.03. The normalized spacial score (nSPS) is 13.7. The topological polar surface area (TPSA) is 17.1 Å². The maximum atomic E-state index is 9.87. The van der Waals surface area contributed by atoms with Gasteiger partial charge >= 0.3 is 0 Å². The molecule has 0 amide bonds. The number of carbonyl (C=O) groups excluding carboxylic acids is 1. The van der Waals surface area contributed by atoms with Crippen molar-refractivity contribution < 1.29 is 4.79 Å². The first kappa shape index (κ1) is 6.21. The molecule has 0 aliphatic carbocycles. The van der Waals surface area contributed by atoms with Gasteiger partial charge in [0.1, 0.15) is 0 Å². The number of halogens is 1. The van der Waals surface area contributed by atoms with E-state index in [1.54, 1.807) is 6.92 Å². The van der Waals surface area contributed by atoms with Gasteiger partial charge in [0, 0.05) is 0 Å². The predicted octanol–water partition coefficient (Wildman–Crippen LogP) is 0.465. The van der Waals surface area contributed by atoms with Crippen molar-refractivity contribution in [2.75, 3.05) is 0 Å². The van der Waals surface area contributed by atoms with E-state index in [0.29, 0.717) is 0 Å². The lowest BCUT2D eigenvalue weighted by molar-refractivity contribution is -0.110. The van der Waals surface area contributed by atoms with E-state index in [-0.39, 0.29) is 10.5 Å². The molecule has 0 spiro atoms. The Morgan fingerprint density at radius 3 is 2.17 bits per heavy atom. The van der Waals surface area contributed by atoms with E-state index in [0.717, 1.165) is 0 Å². The Kier molecular flexibility index (Phi) is 2.48. The zero-order valence-electron chi connectivity index (χ0n) is 3.44. The third-order valence-corrected chi connectivity index (χ3v) is 0.843. The molecule has 0 aromatic rings. The Bertz CT molecular complexity index is 61.8. The molecule has 0 aromatic carbocycles. The Labute approximate surface area is 46.6 Å². The van der Waals surface area contributed by atoms with E-state index in [2.05, 4.69) is 15.9 Å². The Hall–Kier alpha value is 0.215. The van der Waals surface area contributed by atoms with Crippen molar-refractivity contribution in [2.45, 2.75) is 11.8 Å². The molecule has 0 rings (SSSR count). The first-order valence-electron chi connectivity index (χ1n) is 1.58. The van der Waals surface area contributed by atoms with Crippen molar-refractivity contribution in [2.24, 2.45) is 0 Å². The van der Waals surface area contributed by atoms with Crippen molar-refractivity contribution in [1.82, 2.24) is 0 Å². The largest absolute Gasteiger partial charge is 0.312 e. The van der Waals surface area contributed by atoms with Gasteiger partial charge in [0.25, 0.3) is 0 Å². The molecular weight excluding hydrogens is 143 g/mol. The molecule has 0 aliphatic heterocycles. The zero-order chi connectivity index (χ0) is 5.15. The van der Waals surface area contributed by atoms with Gasteiger partial charge in [-0.1, -0.05) is 15.9 Å². The number of hydrogen-bond acceptors (Lipinski definition) is 1. The van der Waals surface area contributed by atoms with E-state index < -0.39 is 0 Å². The van der Waals surface area contributed by atoms with Gasteiger partial charge in [-0.15, -0.1) is 0 Å². The lowest BCUT2D eigenvalue weighted by atomic mass is 10.0. The molecule has 3 heteroatoms. The summed E-state index contributed by atoms with van der Waals surface area (Å²) in [7, 11) is 4.75. The summed E-state index contributed by atoms with van der Waals surface area (Å²) in [5, 5.41) is 0. The van der Waals surface area contributed by atoms with Crippen molar-refractivity contribution >= 4 is 29.5 Å². The maximum Gasteiger partial charge on any atom is 0.169 e. The van der Waals surface area contributed by atoms with Gasteiger partial charge in [0.2, 0.25) is 0 Å². The summed E-state index contributed by atoms with van der Waals surface area (Å²) in [6.45, 7) is 1.68. The highest BCUT2D eigenvalue weighted by molar-refractivity contribution is 9.10. The molecule has 0 aromatic heterocycles. The minimum absolute atomic E-state index is 0.197. The summed E-state index contributed by atoms with van der Waals surface area (Å²) in [5.41, 5.74) is -0.324. The van der Waals surface area contributed by atoms with Crippen LogP contribution in [0.2, 0.25) is 0 Å². The van der Waals surface area contributed by atoms with Gasteiger partial charge in [0.15, 0.2) is 7.85 Å². The number of carbonyl (C=O) groups is 1. The summed E-state index contributed by atoms with van der Waals surface area (Å²) >= 11 is 2.96. The molecule has 0 heterocycles. The summed E-state index contributed by atoms with van der Waals surface area (Å²) in [4.78, 5) is 9.68. The highest BCUT2D eigenvalue weighted by Gasteiger charge is 1.96. The van der Waals surface area contributed by atoms with Gasteiger partial charge in [-0.05, 0) is 6.92 Å². The van der Waals surface area contributed by atoms with Gasteiger partial charge in [-0.3, -0.25) is 0 Å². The van der Waals surface area contributed by atoms with E-state index in [1.165, 1.54) is 0 Å². The van der Waals surface area contributed by atoms with Gasteiger partial charge in [-0.25, -0.2) is 0 Å². The van der Waals surface area contributed by atoms with Crippen LogP contribution in [0.15, 0.2) is 0 Å². The fraction of sp³-hybridized carbons (Fsp3) is 0.667. The van der Waals surface area contributed by atoms with Gasteiger partial charge < -0.3 is 4.79 Å². The van der Waals surface area contributed by atoms with Crippen LogP contribution in [0.25, 0.3) is 0 Å². The average Bonchev–Trinajstić information content (AvgIpc) is 1.36. The molecule has 1 nitrogen and oxygen atoms in total. The number of hydrogen-bond donors (Lipinski definition) is 0. The lowest BCUT2D eigenvalue weighted by Crippen LogP contribution is -2.07. The van der Waals surface area contributed by atoms with Crippen LogP contribution < -0.4 is 0 Å². The molecular formula is C3H4BBrO. The summed E-state index contributed by atoms with van der Waals surface area (Å²) < 4.78 is 0. The molecule has 0 aliphatic rings. The SMILES string of the molecule is [B]C(=O)C(C)Br. The van der Waals surface area contributed by atoms with E-state index in [9.17, 15) is 4.79 Å². The van der Waals surface area contributed by atoms with E-state index >= 15 is 0 Å². The van der Waals surface area contributed by atoms with E-state index in [4.69, 9.17) is 7.85 Å². The third kappa shape index (κ3) is 2.45. The molecule has 0 bridgehead atoms. The Morgan fingerprint density at radius 2 is 2.17 bits per heavy atom. The van der Waals surface area contributed by atoms with Crippen molar-refractivity contribution in [3.05, 3.63) is 0 Å². The molecule has 1 unspecified atom stereocenters. The second kappa shape index (κ2) is 2.40. The second-order valence-electron chi connectivity index (χ2n) is 1.02. The number of alkyl halides is 1. The van der Waals surface area contributed by atoms with Crippen LogP contribution in [-0.4, -0.2) is 18.4 Å². The predicted molar refractivity (Wildman–Crippen MR) is 29.1 cm³/mol. The molecule has 2 radical (unpaired) electrons. The second-order valence-corrected chi connectivity index (χ2v) is 2.39. The number of rotatable bonds is 1. The van der Waals surface area contributed by atoms with Gasteiger partial charge in [0.05, 0.1) is 10.5 Å². The summed E-state index contributed by atoms with van der Waals surface area (Å²) in [6, 6.07) is 0. The first-order valence-corrected chi connectivity index (χ1v) is 2.49. The van der Waals surface area contributed by atoms with Crippen molar-refractivity contribution in [3.8, 4) is 0 Å². The molecule has 32 valence electrons. The Morgan fingerprint density at radius 1 is 2.00 bits per heavy atom. The minimum atomic E-state index is -0.324. The van der Waals surface area contributed by atoms with Crippen LogP contribution in [0.1, 0.15) is 6.92 Å². The smallest absolute Gasteiger partial charge is 0.169 e. The fourth-order valence-corrected chi connectivity index (χ4v) is 0.